The third kappa shape index (κ3) is 3.42. The second-order valence-corrected chi connectivity index (χ2v) is 5.43. The van der Waals surface area contributed by atoms with Crippen LogP contribution in [0.15, 0.2) is 30.0 Å². The molecule has 0 aromatic heterocycles. The van der Waals surface area contributed by atoms with Crippen LogP contribution in [0.3, 0.4) is 0 Å². The quantitative estimate of drug-likeness (QED) is 0.875. The van der Waals surface area contributed by atoms with Crippen LogP contribution in [-0.2, 0) is 9.53 Å². The highest BCUT2D eigenvalue weighted by molar-refractivity contribution is 5.91. The van der Waals surface area contributed by atoms with Gasteiger partial charge in [0.05, 0.1) is 6.10 Å². The third-order valence-electron chi connectivity index (χ3n) is 3.86. The van der Waals surface area contributed by atoms with Crippen LogP contribution in [0.25, 0.3) is 0 Å². The molecule has 118 valence electrons. The molecule has 22 heavy (non-hydrogen) atoms. The summed E-state index contributed by atoms with van der Waals surface area (Å²) in [7, 11) is 0. The summed E-state index contributed by atoms with van der Waals surface area (Å²) in [5.74, 6) is 1.73. The summed E-state index contributed by atoms with van der Waals surface area (Å²) in [6.07, 6.45) is 4.12. The fourth-order valence-corrected chi connectivity index (χ4v) is 2.74. The van der Waals surface area contributed by atoms with Gasteiger partial charge >= 0.3 is 0 Å². The summed E-state index contributed by atoms with van der Waals surface area (Å²) in [6.45, 7) is 3.50. The topological polar surface area (TPSA) is 56.8 Å². The predicted molar refractivity (Wildman–Crippen MR) is 81.9 cm³/mol. The van der Waals surface area contributed by atoms with Crippen molar-refractivity contribution in [2.24, 2.45) is 0 Å². The maximum atomic E-state index is 11.5. The highest BCUT2D eigenvalue weighted by Gasteiger charge is 2.19. The van der Waals surface area contributed by atoms with Gasteiger partial charge in [0, 0.05) is 31.3 Å². The number of nitrogens with one attached hydrogen (secondary N) is 1. The summed E-state index contributed by atoms with van der Waals surface area (Å²) in [6, 6.07) is 5.87. The molecule has 1 atom stereocenters. The van der Waals surface area contributed by atoms with Crippen LogP contribution in [0.1, 0.15) is 37.9 Å². The molecule has 1 aliphatic heterocycles. The first-order valence-electron chi connectivity index (χ1n) is 7.74. The Morgan fingerprint density at radius 1 is 1.27 bits per heavy atom. The van der Waals surface area contributed by atoms with E-state index < -0.39 is 0 Å². The molecule has 0 saturated heterocycles. The first-order valence-corrected chi connectivity index (χ1v) is 7.74. The van der Waals surface area contributed by atoms with Crippen molar-refractivity contribution in [2.75, 3.05) is 19.9 Å². The molecule has 3 rings (SSSR count). The van der Waals surface area contributed by atoms with Crippen LogP contribution in [0, 0.1) is 0 Å². The van der Waals surface area contributed by atoms with E-state index in [2.05, 4.69) is 5.32 Å². The number of hydrogen-bond acceptors (Lipinski definition) is 5. The van der Waals surface area contributed by atoms with E-state index in [1.807, 2.05) is 25.1 Å². The Balaban J connectivity index is 1.68. The van der Waals surface area contributed by atoms with Gasteiger partial charge in [0.15, 0.2) is 17.3 Å². The minimum Gasteiger partial charge on any atom is -0.454 e. The first-order chi connectivity index (χ1) is 10.8. The molecule has 5 nitrogen and oxygen atoms in total. The normalized spacial score (nSPS) is 18.0. The molecule has 1 aromatic rings. The van der Waals surface area contributed by atoms with Crippen LogP contribution >= 0.6 is 0 Å². The molecule has 0 fully saturated rings. The van der Waals surface area contributed by atoms with E-state index in [0.717, 1.165) is 35.6 Å². The van der Waals surface area contributed by atoms with E-state index in [9.17, 15) is 4.79 Å². The van der Waals surface area contributed by atoms with Gasteiger partial charge in [-0.1, -0.05) is 6.07 Å². The minimum absolute atomic E-state index is 0.0857. The number of allylic oxidation sites excluding steroid dienone is 2. The lowest BCUT2D eigenvalue weighted by atomic mass is 10.0. The number of benzene rings is 1. The Morgan fingerprint density at radius 2 is 2.14 bits per heavy atom. The lowest BCUT2D eigenvalue weighted by molar-refractivity contribution is -0.115. The second-order valence-electron chi connectivity index (χ2n) is 5.43. The molecule has 0 bridgehead atoms. The Hall–Kier alpha value is -2.01. The van der Waals surface area contributed by atoms with Gasteiger partial charge in [0.1, 0.15) is 0 Å². The maximum absolute atomic E-state index is 11.5. The molecular weight excluding hydrogens is 282 g/mol. The number of carbonyl (C=O) groups excluding carboxylic acids is 1. The zero-order valence-corrected chi connectivity index (χ0v) is 12.8. The van der Waals surface area contributed by atoms with E-state index in [-0.39, 0.29) is 18.7 Å². The molecule has 1 heterocycles. The molecule has 1 N–H and O–H groups in total. The van der Waals surface area contributed by atoms with Crippen molar-refractivity contribution in [2.45, 2.75) is 32.3 Å². The van der Waals surface area contributed by atoms with E-state index in [4.69, 9.17) is 14.2 Å². The lowest BCUT2D eigenvalue weighted by Gasteiger charge is -2.21. The van der Waals surface area contributed by atoms with Crippen LogP contribution in [0.2, 0.25) is 0 Å². The monoisotopic (exact) mass is 303 g/mol. The third-order valence-corrected chi connectivity index (χ3v) is 3.86. The van der Waals surface area contributed by atoms with Gasteiger partial charge in [-0.3, -0.25) is 4.79 Å². The van der Waals surface area contributed by atoms with Crippen molar-refractivity contribution < 1.29 is 19.0 Å². The first kappa shape index (κ1) is 14.9. The van der Waals surface area contributed by atoms with Gasteiger partial charge in [-0.05, 0) is 37.5 Å². The molecule has 1 aromatic carbocycles. The summed E-state index contributed by atoms with van der Waals surface area (Å²) in [5, 5.41) is 3.35. The zero-order chi connectivity index (χ0) is 15.4. The Bertz CT molecular complexity index is 582. The smallest absolute Gasteiger partial charge is 0.231 e. The van der Waals surface area contributed by atoms with E-state index in [0.29, 0.717) is 19.6 Å². The fourth-order valence-electron chi connectivity index (χ4n) is 2.74. The number of ketones is 1. The van der Waals surface area contributed by atoms with Crippen molar-refractivity contribution in [1.29, 1.82) is 0 Å². The molecule has 1 aliphatic carbocycles. The van der Waals surface area contributed by atoms with Crippen molar-refractivity contribution in [1.82, 2.24) is 5.32 Å². The molecule has 1 unspecified atom stereocenters. The summed E-state index contributed by atoms with van der Waals surface area (Å²) in [4.78, 5) is 11.5. The van der Waals surface area contributed by atoms with Gasteiger partial charge in [-0.2, -0.15) is 0 Å². The molecule has 0 saturated carbocycles. The largest absolute Gasteiger partial charge is 0.454 e. The Morgan fingerprint density at radius 3 is 2.95 bits per heavy atom. The van der Waals surface area contributed by atoms with E-state index >= 15 is 0 Å². The van der Waals surface area contributed by atoms with Gasteiger partial charge in [0.25, 0.3) is 0 Å². The Labute approximate surface area is 130 Å². The van der Waals surface area contributed by atoms with Crippen LogP contribution < -0.4 is 14.8 Å². The highest BCUT2D eigenvalue weighted by atomic mass is 16.7. The molecule has 0 radical (unpaired) electrons. The second kappa shape index (κ2) is 6.83. The van der Waals surface area contributed by atoms with E-state index in [1.54, 1.807) is 6.08 Å². The van der Waals surface area contributed by atoms with Crippen LogP contribution in [-0.4, -0.2) is 25.7 Å². The van der Waals surface area contributed by atoms with Crippen molar-refractivity contribution in [3.8, 4) is 11.5 Å². The maximum Gasteiger partial charge on any atom is 0.231 e. The SMILES string of the molecule is CCOC(CNC1=CC(=O)CCC1)c1ccc2c(c1)OCO2. The van der Waals surface area contributed by atoms with Gasteiger partial charge < -0.3 is 19.5 Å². The van der Waals surface area contributed by atoms with Gasteiger partial charge in [0.2, 0.25) is 6.79 Å². The van der Waals surface area contributed by atoms with Crippen LogP contribution in [0.5, 0.6) is 11.5 Å². The highest BCUT2D eigenvalue weighted by Crippen LogP contribution is 2.34. The predicted octanol–water partition coefficient (Wildman–Crippen LogP) is 2.72. The minimum atomic E-state index is -0.0857. The molecular formula is C17H21NO4. The number of fused-ring (bicyclic) bond motifs is 1. The van der Waals surface area contributed by atoms with Gasteiger partial charge in [-0.25, -0.2) is 0 Å². The number of rotatable bonds is 6. The van der Waals surface area contributed by atoms with Crippen molar-refractivity contribution in [3.05, 3.63) is 35.5 Å². The molecule has 5 heteroatoms. The fraction of sp³-hybridized carbons (Fsp3) is 0.471. The lowest BCUT2D eigenvalue weighted by Crippen LogP contribution is -2.25. The number of hydrogen-bond donors (Lipinski definition) is 1. The Kier molecular flexibility index (Phi) is 4.63. The standard InChI is InChI=1S/C17H21NO4/c1-2-20-17(10-18-13-4-3-5-14(19)9-13)12-6-7-15-16(8-12)22-11-21-15/h6-9,17-18H,2-5,10-11H2,1H3. The molecule has 0 spiro atoms. The van der Waals surface area contributed by atoms with Crippen molar-refractivity contribution >= 4 is 5.78 Å². The summed E-state index contributed by atoms with van der Waals surface area (Å²) >= 11 is 0. The van der Waals surface area contributed by atoms with Crippen LogP contribution in [0.4, 0.5) is 0 Å². The number of ether oxygens (including phenoxy) is 3. The van der Waals surface area contributed by atoms with E-state index in [1.165, 1.54) is 0 Å². The van der Waals surface area contributed by atoms with Crippen molar-refractivity contribution in [3.63, 3.8) is 0 Å². The molecule has 2 aliphatic rings. The average Bonchev–Trinajstić information content (AvgIpc) is 2.99. The zero-order valence-electron chi connectivity index (χ0n) is 12.8. The number of carbonyl (C=O) groups is 1. The summed E-state index contributed by atoms with van der Waals surface area (Å²) in [5.41, 5.74) is 2.04. The van der Waals surface area contributed by atoms with Gasteiger partial charge in [-0.15, -0.1) is 0 Å². The molecule has 0 amide bonds. The summed E-state index contributed by atoms with van der Waals surface area (Å²) < 4.78 is 16.6. The average molecular weight is 303 g/mol.